The zero-order valence-corrected chi connectivity index (χ0v) is 12.7. The number of phenolic OH excluding ortho intramolecular Hbond substituents is 1. The van der Waals surface area contributed by atoms with Crippen LogP contribution in [0, 0.1) is 0 Å². The number of fused-ring (bicyclic) bond motifs is 1. The summed E-state index contributed by atoms with van der Waals surface area (Å²) in [5.74, 6) is -0.174. The number of benzene rings is 2. The largest absolute Gasteiger partial charge is 0.506 e. The number of carbonyl (C=O) groups excluding carboxylic acids is 1. The summed E-state index contributed by atoms with van der Waals surface area (Å²) >= 11 is 5.88. The van der Waals surface area contributed by atoms with Gasteiger partial charge in [0.05, 0.1) is 17.1 Å². The van der Waals surface area contributed by atoms with Gasteiger partial charge in [-0.25, -0.2) is 8.42 Å². The molecule has 114 valence electrons. The van der Waals surface area contributed by atoms with Gasteiger partial charge in [0.2, 0.25) is 6.41 Å². The van der Waals surface area contributed by atoms with E-state index in [9.17, 15) is 18.3 Å². The molecule has 22 heavy (non-hydrogen) atoms. The first-order valence-electron chi connectivity index (χ1n) is 6.28. The normalized spacial score (nSPS) is 15.4. The summed E-state index contributed by atoms with van der Waals surface area (Å²) in [6.07, 6.45) is 0.476. The molecule has 0 unspecified atom stereocenters. The van der Waals surface area contributed by atoms with Gasteiger partial charge in [0.25, 0.3) is 10.0 Å². The molecule has 1 aliphatic rings. The van der Waals surface area contributed by atoms with Crippen LogP contribution in [-0.2, 0) is 21.4 Å². The molecule has 3 rings (SSSR count). The minimum atomic E-state index is -3.82. The first-order valence-corrected chi connectivity index (χ1v) is 8.09. The van der Waals surface area contributed by atoms with Crippen molar-refractivity contribution in [1.82, 2.24) is 0 Å². The van der Waals surface area contributed by atoms with E-state index in [1.807, 2.05) is 0 Å². The van der Waals surface area contributed by atoms with Crippen molar-refractivity contribution < 1.29 is 18.3 Å². The molecule has 0 aromatic heterocycles. The van der Waals surface area contributed by atoms with E-state index in [2.05, 4.69) is 5.32 Å². The van der Waals surface area contributed by atoms with Crippen molar-refractivity contribution in [2.75, 3.05) is 9.62 Å². The molecular formula is C14H11ClN2O4S. The number of sulfonamides is 1. The second-order valence-corrected chi connectivity index (χ2v) is 7.00. The van der Waals surface area contributed by atoms with E-state index in [1.54, 1.807) is 12.1 Å². The van der Waals surface area contributed by atoms with E-state index in [4.69, 9.17) is 11.6 Å². The third-order valence-corrected chi connectivity index (χ3v) is 5.46. The molecule has 0 saturated carbocycles. The third kappa shape index (κ3) is 2.28. The van der Waals surface area contributed by atoms with E-state index in [0.717, 1.165) is 4.31 Å². The summed E-state index contributed by atoms with van der Waals surface area (Å²) in [5, 5.41) is 12.7. The van der Waals surface area contributed by atoms with Gasteiger partial charge in [0.1, 0.15) is 5.75 Å². The standard InChI is InChI=1S/C14H11ClN2O4S/c15-10-2-4-13(19)12(5-10)17-7-9-1-3-11(16-8-18)6-14(9)22(17,20)21/h1-6,8,19H,7H2,(H,16,18). The van der Waals surface area contributed by atoms with Crippen molar-refractivity contribution in [2.24, 2.45) is 0 Å². The van der Waals surface area contributed by atoms with Crippen LogP contribution in [0.3, 0.4) is 0 Å². The fourth-order valence-corrected chi connectivity index (χ4v) is 4.21. The Bertz CT molecular complexity index is 867. The van der Waals surface area contributed by atoms with E-state index in [1.165, 1.54) is 24.3 Å². The summed E-state index contributed by atoms with van der Waals surface area (Å²) < 4.78 is 26.4. The van der Waals surface area contributed by atoms with E-state index in [0.29, 0.717) is 22.7 Å². The minimum absolute atomic E-state index is 0.0902. The van der Waals surface area contributed by atoms with Crippen LogP contribution in [0.2, 0.25) is 5.02 Å². The van der Waals surface area contributed by atoms with Crippen LogP contribution in [-0.4, -0.2) is 19.9 Å². The number of phenols is 1. The molecule has 1 aliphatic heterocycles. The molecule has 8 heteroatoms. The minimum Gasteiger partial charge on any atom is -0.506 e. The van der Waals surface area contributed by atoms with Crippen molar-refractivity contribution in [3.8, 4) is 5.75 Å². The molecule has 0 radical (unpaired) electrons. The number of carbonyl (C=O) groups is 1. The van der Waals surface area contributed by atoms with Gasteiger partial charge in [-0.1, -0.05) is 17.7 Å². The first kappa shape index (κ1) is 14.7. The Morgan fingerprint density at radius 3 is 2.73 bits per heavy atom. The van der Waals surface area contributed by atoms with E-state index < -0.39 is 10.0 Å². The average Bonchev–Trinajstić information content (AvgIpc) is 2.74. The summed E-state index contributed by atoms with van der Waals surface area (Å²) in [7, 11) is -3.82. The predicted molar refractivity (Wildman–Crippen MR) is 82.6 cm³/mol. The molecule has 2 N–H and O–H groups in total. The highest BCUT2D eigenvalue weighted by Gasteiger charge is 2.36. The van der Waals surface area contributed by atoms with Crippen LogP contribution in [0.4, 0.5) is 11.4 Å². The van der Waals surface area contributed by atoms with Crippen LogP contribution < -0.4 is 9.62 Å². The molecule has 0 spiro atoms. The van der Waals surface area contributed by atoms with Crippen molar-refractivity contribution in [2.45, 2.75) is 11.4 Å². The second kappa shape index (κ2) is 5.19. The zero-order chi connectivity index (χ0) is 15.9. The Morgan fingerprint density at radius 2 is 2.00 bits per heavy atom. The van der Waals surface area contributed by atoms with Crippen LogP contribution in [0.5, 0.6) is 5.75 Å². The molecule has 2 aromatic carbocycles. The average molecular weight is 339 g/mol. The van der Waals surface area contributed by atoms with Gasteiger partial charge in [0, 0.05) is 10.7 Å². The monoisotopic (exact) mass is 338 g/mol. The summed E-state index contributed by atoms with van der Waals surface area (Å²) in [5.41, 5.74) is 1.08. The van der Waals surface area contributed by atoms with Gasteiger partial charge in [-0.2, -0.15) is 0 Å². The SMILES string of the molecule is O=CNc1ccc2c(c1)S(=O)(=O)N(c1cc(Cl)ccc1O)C2. The maximum Gasteiger partial charge on any atom is 0.265 e. The lowest BCUT2D eigenvalue weighted by Gasteiger charge is -2.18. The van der Waals surface area contributed by atoms with Crippen LogP contribution in [0.15, 0.2) is 41.3 Å². The van der Waals surface area contributed by atoms with Gasteiger partial charge in [-0.3, -0.25) is 9.10 Å². The third-order valence-electron chi connectivity index (χ3n) is 3.38. The molecule has 1 heterocycles. The Labute approximate surface area is 132 Å². The molecule has 0 fully saturated rings. The number of nitrogens with zero attached hydrogens (tertiary/aromatic N) is 1. The molecule has 6 nitrogen and oxygen atoms in total. The highest BCUT2D eigenvalue weighted by atomic mass is 35.5. The van der Waals surface area contributed by atoms with Gasteiger partial charge in [-0.05, 0) is 35.9 Å². The van der Waals surface area contributed by atoms with E-state index in [-0.39, 0.29) is 22.9 Å². The zero-order valence-electron chi connectivity index (χ0n) is 11.2. The maximum absolute atomic E-state index is 12.7. The van der Waals surface area contributed by atoms with E-state index >= 15 is 0 Å². The summed E-state index contributed by atoms with van der Waals surface area (Å²) in [6, 6.07) is 8.84. The molecule has 1 amide bonds. The molecule has 0 atom stereocenters. The highest BCUT2D eigenvalue weighted by Crippen LogP contribution is 2.40. The van der Waals surface area contributed by atoms with Crippen LogP contribution in [0.1, 0.15) is 5.56 Å². The molecular weight excluding hydrogens is 328 g/mol. The Hall–Kier alpha value is -2.25. The lowest BCUT2D eigenvalue weighted by Crippen LogP contribution is -2.23. The lowest BCUT2D eigenvalue weighted by atomic mass is 10.2. The van der Waals surface area contributed by atoms with Crippen molar-refractivity contribution in [3.05, 3.63) is 47.0 Å². The van der Waals surface area contributed by atoms with Gasteiger partial charge >= 0.3 is 0 Å². The molecule has 0 bridgehead atoms. The highest BCUT2D eigenvalue weighted by molar-refractivity contribution is 7.93. The fourth-order valence-electron chi connectivity index (χ4n) is 2.35. The number of anilines is 2. The number of hydrogen-bond acceptors (Lipinski definition) is 4. The Kier molecular flexibility index (Phi) is 3.46. The molecule has 0 saturated heterocycles. The summed E-state index contributed by atoms with van der Waals surface area (Å²) in [6.45, 7) is 0.0902. The number of rotatable bonds is 3. The van der Waals surface area contributed by atoms with Gasteiger partial charge in [0.15, 0.2) is 0 Å². The van der Waals surface area contributed by atoms with Crippen LogP contribution >= 0.6 is 11.6 Å². The first-order chi connectivity index (χ1) is 10.4. The van der Waals surface area contributed by atoms with Gasteiger partial charge in [-0.15, -0.1) is 0 Å². The van der Waals surface area contributed by atoms with Crippen molar-refractivity contribution in [1.29, 1.82) is 0 Å². The number of aromatic hydroxyl groups is 1. The second-order valence-electron chi connectivity index (χ2n) is 4.73. The summed E-state index contributed by atoms with van der Waals surface area (Å²) in [4.78, 5) is 10.6. The van der Waals surface area contributed by atoms with Gasteiger partial charge < -0.3 is 10.4 Å². The van der Waals surface area contributed by atoms with Crippen molar-refractivity contribution in [3.63, 3.8) is 0 Å². The smallest absolute Gasteiger partial charge is 0.265 e. The molecule has 2 aromatic rings. The molecule has 0 aliphatic carbocycles. The van der Waals surface area contributed by atoms with Crippen molar-refractivity contribution >= 4 is 39.4 Å². The quantitative estimate of drug-likeness (QED) is 0.841. The maximum atomic E-state index is 12.7. The fraction of sp³-hybridized carbons (Fsp3) is 0.0714. The van der Waals surface area contributed by atoms with Crippen LogP contribution in [0.25, 0.3) is 0 Å². The number of halogens is 1. The number of nitrogens with one attached hydrogen (secondary N) is 1. The predicted octanol–water partition coefficient (Wildman–Crippen LogP) is 2.32. The topological polar surface area (TPSA) is 86.7 Å². The number of hydrogen-bond donors (Lipinski definition) is 2. The Balaban J connectivity index is 2.11. The number of amides is 1. The lowest BCUT2D eigenvalue weighted by molar-refractivity contribution is -0.105. The Morgan fingerprint density at radius 1 is 1.23 bits per heavy atom.